The maximum absolute atomic E-state index is 13.6. The summed E-state index contributed by atoms with van der Waals surface area (Å²) in [6, 6.07) is 4.65. The second kappa shape index (κ2) is 5.78. The first-order chi connectivity index (χ1) is 9.61. The molecule has 2 aliphatic rings. The fourth-order valence-electron chi connectivity index (χ4n) is 3.03. The minimum atomic E-state index is -0.381. The molecule has 0 aromatic heterocycles. The number of ether oxygens (including phenoxy) is 1. The van der Waals surface area contributed by atoms with E-state index in [2.05, 4.69) is 15.9 Å². The molecule has 2 unspecified atom stereocenters. The lowest BCUT2D eigenvalue weighted by molar-refractivity contribution is -0.0734. The fraction of sp³-hybridized carbons (Fsp3) is 0.533. The Kier molecular flexibility index (Phi) is 4.20. The molecule has 3 rings (SSSR count). The molecule has 2 atom stereocenters. The first-order valence-corrected chi connectivity index (χ1v) is 8.76. The van der Waals surface area contributed by atoms with Crippen LogP contribution in [0.3, 0.4) is 0 Å². The van der Waals surface area contributed by atoms with Crippen molar-refractivity contribution in [2.75, 3.05) is 18.1 Å². The van der Waals surface area contributed by atoms with Gasteiger partial charge in [-0.15, -0.1) is 0 Å². The van der Waals surface area contributed by atoms with Crippen LogP contribution in [0.4, 0.5) is 4.39 Å². The van der Waals surface area contributed by atoms with Gasteiger partial charge in [-0.05, 0) is 47.0 Å². The Hall–Kier alpha value is -0.390. The molecule has 1 aromatic rings. The molecule has 0 N–H and O–H groups in total. The maximum atomic E-state index is 13.6. The number of hydrogen-bond donors (Lipinski definition) is 0. The van der Waals surface area contributed by atoms with Crippen LogP contribution in [0.1, 0.15) is 29.6 Å². The second-order valence-corrected chi connectivity index (χ2v) is 7.39. The van der Waals surface area contributed by atoms with E-state index in [0.29, 0.717) is 12.2 Å². The zero-order chi connectivity index (χ0) is 14.2. The molecule has 1 spiro atoms. The molecule has 0 aliphatic carbocycles. The van der Waals surface area contributed by atoms with Crippen molar-refractivity contribution in [3.05, 3.63) is 34.1 Å². The Morgan fingerprint density at radius 3 is 3.10 bits per heavy atom. The highest BCUT2D eigenvalue weighted by Gasteiger charge is 2.42. The van der Waals surface area contributed by atoms with E-state index in [0.717, 1.165) is 30.8 Å². The van der Waals surface area contributed by atoms with Crippen LogP contribution in [-0.4, -0.2) is 29.5 Å². The standard InChI is InChI=1S/C15H16BrFO2S/c16-13-11(2-1-3-12(13)17)14(18)10-4-6-19-15(8-10)5-7-20-9-15/h1-3,10H,4-9H2. The van der Waals surface area contributed by atoms with Gasteiger partial charge in [-0.3, -0.25) is 4.79 Å². The average molecular weight is 359 g/mol. The Bertz CT molecular complexity index is 529. The molecule has 2 nitrogen and oxygen atoms in total. The van der Waals surface area contributed by atoms with Gasteiger partial charge in [0.2, 0.25) is 0 Å². The van der Waals surface area contributed by atoms with E-state index >= 15 is 0 Å². The van der Waals surface area contributed by atoms with Crippen molar-refractivity contribution in [2.24, 2.45) is 5.92 Å². The van der Waals surface area contributed by atoms with Gasteiger partial charge in [0.25, 0.3) is 0 Å². The Morgan fingerprint density at radius 2 is 2.35 bits per heavy atom. The second-order valence-electron chi connectivity index (χ2n) is 5.49. The summed E-state index contributed by atoms with van der Waals surface area (Å²) >= 11 is 5.08. The minimum absolute atomic E-state index is 0.0379. The highest BCUT2D eigenvalue weighted by Crippen LogP contribution is 2.41. The summed E-state index contributed by atoms with van der Waals surface area (Å²) in [6.07, 6.45) is 2.52. The summed E-state index contributed by atoms with van der Waals surface area (Å²) in [5.41, 5.74) is 0.334. The molecule has 0 bridgehead atoms. The molecular weight excluding hydrogens is 343 g/mol. The largest absolute Gasteiger partial charge is 0.374 e. The van der Waals surface area contributed by atoms with Crippen LogP contribution in [0.15, 0.2) is 22.7 Å². The van der Waals surface area contributed by atoms with Crippen molar-refractivity contribution in [3.63, 3.8) is 0 Å². The van der Waals surface area contributed by atoms with Crippen LogP contribution in [0, 0.1) is 11.7 Å². The summed E-state index contributed by atoms with van der Waals surface area (Å²) in [5, 5.41) is 0. The van der Waals surface area contributed by atoms with Crippen molar-refractivity contribution in [1.82, 2.24) is 0 Å². The molecule has 2 fully saturated rings. The van der Waals surface area contributed by atoms with Gasteiger partial charge in [0.15, 0.2) is 5.78 Å². The zero-order valence-corrected chi connectivity index (χ0v) is 13.4. The van der Waals surface area contributed by atoms with Crippen molar-refractivity contribution < 1.29 is 13.9 Å². The molecule has 0 saturated carbocycles. The van der Waals surface area contributed by atoms with Crippen LogP contribution in [0.5, 0.6) is 0 Å². The van der Waals surface area contributed by atoms with E-state index < -0.39 is 0 Å². The van der Waals surface area contributed by atoms with Gasteiger partial charge in [0.1, 0.15) is 5.82 Å². The summed E-state index contributed by atoms with van der Waals surface area (Å²) < 4.78 is 19.8. The predicted molar refractivity (Wildman–Crippen MR) is 81.8 cm³/mol. The summed E-state index contributed by atoms with van der Waals surface area (Å²) in [6.45, 7) is 0.629. The highest BCUT2D eigenvalue weighted by atomic mass is 79.9. The molecule has 0 radical (unpaired) electrons. The lowest BCUT2D eigenvalue weighted by Gasteiger charge is -2.37. The highest BCUT2D eigenvalue weighted by molar-refractivity contribution is 9.10. The number of hydrogen-bond acceptors (Lipinski definition) is 3. The van der Waals surface area contributed by atoms with E-state index in [9.17, 15) is 9.18 Å². The summed E-state index contributed by atoms with van der Waals surface area (Å²) in [7, 11) is 0. The Balaban J connectivity index is 1.81. The SMILES string of the molecule is O=C(c1cccc(F)c1Br)C1CCOC2(CCSC2)C1. The average Bonchev–Trinajstić information content (AvgIpc) is 2.89. The monoisotopic (exact) mass is 358 g/mol. The normalized spacial score (nSPS) is 29.8. The van der Waals surface area contributed by atoms with Crippen LogP contribution in [-0.2, 0) is 4.74 Å². The first-order valence-electron chi connectivity index (χ1n) is 6.81. The molecule has 1 aromatic carbocycles. The van der Waals surface area contributed by atoms with Gasteiger partial charge in [-0.2, -0.15) is 11.8 Å². The van der Waals surface area contributed by atoms with E-state index in [1.165, 1.54) is 6.07 Å². The number of carbonyl (C=O) groups excluding carboxylic acids is 1. The topological polar surface area (TPSA) is 26.3 Å². The molecule has 108 valence electrons. The molecule has 5 heteroatoms. The number of benzene rings is 1. The Morgan fingerprint density at radius 1 is 1.50 bits per heavy atom. The number of halogens is 2. The quantitative estimate of drug-likeness (QED) is 0.745. The van der Waals surface area contributed by atoms with E-state index in [1.807, 2.05) is 11.8 Å². The Labute approximate surface area is 130 Å². The van der Waals surface area contributed by atoms with E-state index in [4.69, 9.17) is 4.74 Å². The van der Waals surface area contributed by atoms with Crippen LogP contribution in [0.2, 0.25) is 0 Å². The van der Waals surface area contributed by atoms with E-state index in [-0.39, 0.29) is 27.6 Å². The van der Waals surface area contributed by atoms with Crippen LogP contribution < -0.4 is 0 Å². The van der Waals surface area contributed by atoms with Crippen molar-refractivity contribution in [1.29, 1.82) is 0 Å². The molecule has 2 saturated heterocycles. The minimum Gasteiger partial charge on any atom is -0.374 e. The molecule has 0 amide bonds. The number of rotatable bonds is 2. The van der Waals surface area contributed by atoms with Gasteiger partial charge in [0.05, 0.1) is 10.1 Å². The third-order valence-electron chi connectivity index (χ3n) is 4.15. The lowest BCUT2D eigenvalue weighted by atomic mass is 9.81. The van der Waals surface area contributed by atoms with Crippen molar-refractivity contribution in [3.8, 4) is 0 Å². The number of carbonyl (C=O) groups is 1. The van der Waals surface area contributed by atoms with Gasteiger partial charge >= 0.3 is 0 Å². The van der Waals surface area contributed by atoms with Crippen molar-refractivity contribution in [2.45, 2.75) is 24.9 Å². The molecule has 2 heterocycles. The maximum Gasteiger partial charge on any atom is 0.167 e. The fourth-order valence-corrected chi connectivity index (χ4v) is 4.87. The van der Waals surface area contributed by atoms with Gasteiger partial charge in [0, 0.05) is 23.8 Å². The first kappa shape index (κ1) is 14.5. The summed E-state index contributed by atoms with van der Waals surface area (Å²) in [4.78, 5) is 12.7. The molecule has 20 heavy (non-hydrogen) atoms. The molecule has 2 aliphatic heterocycles. The third-order valence-corrected chi connectivity index (χ3v) is 6.18. The smallest absolute Gasteiger partial charge is 0.167 e. The number of thioether (sulfide) groups is 1. The van der Waals surface area contributed by atoms with Gasteiger partial charge in [-0.25, -0.2) is 4.39 Å². The lowest BCUT2D eigenvalue weighted by Crippen LogP contribution is -2.42. The predicted octanol–water partition coefficient (Wildman–Crippen LogP) is 4.07. The van der Waals surface area contributed by atoms with Crippen molar-refractivity contribution >= 4 is 33.5 Å². The third kappa shape index (κ3) is 2.68. The van der Waals surface area contributed by atoms with Crippen LogP contribution >= 0.6 is 27.7 Å². The number of Topliss-reactive ketones (excluding diaryl/α,β-unsaturated/α-hetero) is 1. The van der Waals surface area contributed by atoms with E-state index in [1.54, 1.807) is 12.1 Å². The van der Waals surface area contributed by atoms with Crippen LogP contribution in [0.25, 0.3) is 0 Å². The molecular formula is C15H16BrFO2S. The summed E-state index contributed by atoms with van der Waals surface area (Å²) in [5.74, 6) is 1.68. The van der Waals surface area contributed by atoms with Gasteiger partial charge < -0.3 is 4.74 Å². The van der Waals surface area contributed by atoms with Gasteiger partial charge in [-0.1, -0.05) is 12.1 Å². The number of ketones is 1. The zero-order valence-electron chi connectivity index (χ0n) is 11.0.